The molecule has 0 radical (unpaired) electrons. The van der Waals surface area contributed by atoms with Crippen molar-refractivity contribution in [1.29, 1.82) is 0 Å². The fourth-order valence-corrected chi connectivity index (χ4v) is 2.40. The Morgan fingerprint density at radius 3 is 2.33 bits per heavy atom. The first-order valence-corrected chi connectivity index (χ1v) is 5.90. The van der Waals surface area contributed by atoms with Crippen LogP contribution in [0.4, 0.5) is 4.79 Å². The molecular weight excluding hydrogens is 250 g/mol. The fraction of sp³-hybridized carbons (Fsp3) is 0.500. The van der Waals surface area contributed by atoms with E-state index in [9.17, 15) is 4.79 Å². The molecule has 0 saturated carbocycles. The zero-order chi connectivity index (χ0) is 12.6. The third-order valence-electron chi connectivity index (χ3n) is 3.20. The molecule has 100 valence electrons. The molecule has 1 aliphatic heterocycles. The first-order valence-electron chi connectivity index (χ1n) is 5.90. The summed E-state index contributed by atoms with van der Waals surface area (Å²) in [6.45, 7) is 8.81. The third kappa shape index (κ3) is 2.96. The predicted octanol–water partition coefficient (Wildman–Crippen LogP) is 3.53. The molecule has 0 bridgehead atoms. The van der Waals surface area contributed by atoms with Gasteiger partial charge in [-0.2, -0.15) is 0 Å². The van der Waals surface area contributed by atoms with Gasteiger partial charge in [-0.1, -0.05) is 43.2 Å². The second-order valence-electron chi connectivity index (χ2n) is 5.56. The van der Waals surface area contributed by atoms with Gasteiger partial charge in [0, 0.05) is 5.41 Å². The van der Waals surface area contributed by atoms with Gasteiger partial charge in [-0.15, -0.1) is 12.4 Å². The molecule has 0 unspecified atom stereocenters. The van der Waals surface area contributed by atoms with Crippen molar-refractivity contribution in [1.82, 2.24) is 5.32 Å². The topological polar surface area (TPSA) is 38.3 Å². The van der Waals surface area contributed by atoms with E-state index in [4.69, 9.17) is 4.74 Å². The number of cyclic esters (lactones) is 1. The monoisotopic (exact) mass is 269 g/mol. The molecule has 18 heavy (non-hydrogen) atoms. The van der Waals surface area contributed by atoms with Gasteiger partial charge in [-0.3, -0.25) is 0 Å². The Morgan fingerprint density at radius 2 is 1.78 bits per heavy atom. The zero-order valence-corrected chi connectivity index (χ0v) is 12.1. The minimum Gasteiger partial charge on any atom is -0.449 e. The minimum atomic E-state index is -0.325. The van der Waals surface area contributed by atoms with Gasteiger partial charge >= 0.3 is 6.09 Å². The number of amides is 1. The first-order chi connectivity index (χ1) is 7.88. The van der Waals surface area contributed by atoms with E-state index in [1.165, 1.54) is 11.1 Å². The Morgan fingerprint density at radius 1 is 1.22 bits per heavy atom. The Hall–Kier alpha value is -1.22. The standard InChI is InChI=1S/C14H19NO2.ClH/c1-9-5-10(2)7-11(6-9)12-14(3,4)8-17-13(16)15-12;/h5-7,12H,8H2,1-4H3,(H,15,16);1H/t12-;/m0./s1. The van der Waals surface area contributed by atoms with Gasteiger partial charge in [0.1, 0.15) is 6.61 Å². The Kier molecular flexibility index (Phi) is 4.28. The number of ether oxygens (including phenoxy) is 1. The van der Waals surface area contributed by atoms with E-state index in [1.54, 1.807) is 0 Å². The number of nitrogens with one attached hydrogen (secondary N) is 1. The molecule has 1 N–H and O–H groups in total. The van der Waals surface area contributed by atoms with E-state index < -0.39 is 0 Å². The van der Waals surface area contributed by atoms with Crippen LogP contribution in [0, 0.1) is 19.3 Å². The summed E-state index contributed by atoms with van der Waals surface area (Å²) < 4.78 is 5.06. The third-order valence-corrected chi connectivity index (χ3v) is 3.20. The number of alkyl carbamates (subject to hydrolysis) is 1. The van der Waals surface area contributed by atoms with Crippen LogP contribution in [0.15, 0.2) is 18.2 Å². The number of carbonyl (C=O) groups is 1. The molecule has 1 aromatic rings. The van der Waals surface area contributed by atoms with Gasteiger partial charge in [-0.05, 0) is 19.4 Å². The quantitative estimate of drug-likeness (QED) is 0.847. The van der Waals surface area contributed by atoms with Crippen LogP contribution < -0.4 is 5.32 Å². The van der Waals surface area contributed by atoms with Crippen molar-refractivity contribution in [2.75, 3.05) is 6.61 Å². The number of aryl methyl sites for hydroxylation is 2. The number of rotatable bonds is 1. The highest BCUT2D eigenvalue weighted by atomic mass is 35.5. The van der Waals surface area contributed by atoms with Gasteiger partial charge in [0.25, 0.3) is 0 Å². The molecule has 1 fully saturated rings. The highest BCUT2D eigenvalue weighted by Crippen LogP contribution is 2.36. The van der Waals surface area contributed by atoms with Gasteiger partial charge in [0.15, 0.2) is 0 Å². The highest BCUT2D eigenvalue weighted by molar-refractivity contribution is 5.85. The lowest BCUT2D eigenvalue weighted by atomic mass is 9.80. The molecule has 2 rings (SSSR count). The lowest BCUT2D eigenvalue weighted by Crippen LogP contribution is -2.46. The van der Waals surface area contributed by atoms with Gasteiger partial charge in [0.2, 0.25) is 0 Å². The van der Waals surface area contributed by atoms with E-state index in [1.807, 2.05) is 0 Å². The summed E-state index contributed by atoms with van der Waals surface area (Å²) in [5, 5.41) is 2.92. The first kappa shape index (κ1) is 14.8. The van der Waals surface area contributed by atoms with Crippen LogP contribution >= 0.6 is 12.4 Å². The van der Waals surface area contributed by atoms with Crippen LogP contribution in [-0.4, -0.2) is 12.7 Å². The number of hydrogen-bond acceptors (Lipinski definition) is 2. The summed E-state index contributed by atoms with van der Waals surface area (Å²) in [5.74, 6) is 0. The van der Waals surface area contributed by atoms with Crippen molar-refractivity contribution in [3.8, 4) is 0 Å². The van der Waals surface area contributed by atoms with Crippen LogP contribution in [0.25, 0.3) is 0 Å². The van der Waals surface area contributed by atoms with Gasteiger partial charge < -0.3 is 10.1 Å². The van der Waals surface area contributed by atoms with Gasteiger partial charge in [-0.25, -0.2) is 4.79 Å². The number of hydrogen-bond donors (Lipinski definition) is 1. The maximum Gasteiger partial charge on any atom is 0.407 e. The summed E-state index contributed by atoms with van der Waals surface area (Å²) in [6.07, 6.45) is -0.325. The smallest absolute Gasteiger partial charge is 0.407 e. The number of carbonyl (C=O) groups excluding carboxylic acids is 1. The Bertz CT molecular complexity index is 437. The van der Waals surface area contributed by atoms with Crippen LogP contribution in [0.3, 0.4) is 0 Å². The molecular formula is C14H20ClNO2. The molecule has 1 amide bonds. The van der Waals surface area contributed by atoms with E-state index >= 15 is 0 Å². The molecule has 4 heteroatoms. The normalized spacial score (nSPS) is 21.6. The van der Waals surface area contributed by atoms with Crippen molar-refractivity contribution < 1.29 is 9.53 Å². The number of halogens is 1. The van der Waals surface area contributed by atoms with Crippen LogP contribution in [-0.2, 0) is 4.74 Å². The lowest BCUT2D eigenvalue weighted by Gasteiger charge is -2.38. The lowest BCUT2D eigenvalue weighted by molar-refractivity contribution is 0.0387. The average molecular weight is 270 g/mol. The van der Waals surface area contributed by atoms with E-state index in [-0.39, 0.29) is 30.0 Å². The zero-order valence-electron chi connectivity index (χ0n) is 11.2. The minimum absolute atomic E-state index is 0. The summed E-state index contributed by atoms with van der Waals surface area (Å²) in [7, 11) is 0. The largest absolute Gasteiger partial charge is 0.449 e. The van der Waals surface area contributed by atoms with Crippen molar-refractivity contribution in [3.05, 3.63) is 34.9 Å². The van der Waals surface area contributed by atoms with Gasteiger partial charge in [0.05, 0.1) is 6.04 Å². The van der Waals surface area contributed by atoms with E-state index in [2.05, 4.69) is 51.2 Å². The molecule has 1 heterocycles. The van der Waals surface area contributed by atoms with Crippen molar-refractivity contribution in [2.24, 2.45) is 5.41 Å². The average Bonchev–Trinajstić information content (AvgIpc) is 2.20. The Balaban J connectivity index is 0.00000162. The van der Waals surface area contributed by atoms with Crippen LogP contribution in [0.2, 0.25) is 0 Å². The van der Waals surface area contributed by atoms with Crippen LogP contribution in [0.5, 0.6) is 0 Å². The maximum atomic E-state index is 11.4. The second kappa shape index (κ2) is 5.19. The van der Waals surface area contributed by atoms with Crippen molar-refractivity contribution >= 4 is 18.5 Å². The maximum absolute atomic E-state index is 11.4. The molecule has 1 aromatic carbocycles. The summed E-state index contributed by atoms with van der Waals surface area (Å²) >= 11 is 0. The SMILES string of the molecule is Cc1cc(C)cc([C@@H]2NC(=O)OCC2(C)C)c1.Cl. The fourth-order valence-electron chi connectivity index (χ4n) is 2.40. The summed E-state index contributed by atoms with van der Waals surface area (Å²) in [5.41, 5.74) is 3.51. The molecule has 3 nitrogen and oxygen atoms in total. The van der Waals surface area contributed by atoms with Crippen molar-refractivity contribution in [2.45, 2.75) is 33.7 Å². The molecule has 1 saturated heterocycles. The Labute approximate surface area is 114 Å². The van der Waals surface area contributed by atoms with E-state index in [0.717, 1.165) is 5.56 Å². The molecule has 0 spiro atoms. The molecule has 1 aliphatic rings. The predicted molar refractivity (Wildman–Crippen MR) is 74.2 cm³/mol. The second-order valence-corrected chi connectivity index (χ2v) is 5.56. The molecule has 0 aromatic heterocycles. The highest BCUT2D eigenvalue weighted by Gasteiger charge is 2.37. The summed E-state index contributed by atoms with van der Waals surface area (Å²) in [4.78, 5) is 11.4. The van der Waals surface area contributed by atoms with E-state index in [0.29, 0.717) is 6.61 Å². The van der Waals surface area contributed by atoms with Crippen LogP contribution in [0.1, 0.15) is 36.6 Å². The van der Waals surface area contributed by atoms with Crippen molar-refractivity contribution in [3.63, 3.8) is 0 Å². The molecule has 1 atom stereocenters. The molecule has 0 aliphatic carbocycles. The number of benzene rings is 1. The summed E-state index contributed by atoms with van der Waals surface area (Å²) in [6, 6.07) is 6.41.